The quantitative estimate of drug-likeness (QED) is 0.596. The fraction of sp³-hybridized carbons (Fsp3) is 0.857. The van der Waals surface area contributed by atoms with Crippen molar-refractivity contribution in [2.75, 3.05) is 0 Å². The summed E-state index contributed by atoms with van der Waals surface area (Å²) in [6, 6.07) is -0.897. The van der Waals surface area contributed by atoms with Crippen LogP contribution in [0.25, 0.3) is 0 Å². The second-order valence-electron chi connectivity index (χ2n) is 5.79. The van der Waals surface area contributed by atoms with Gasteiger partial charge in [0, 0.05) is 6.04 Å². The number of carbonyl (C=O) groups excluding carboxylic acids is 1. The number of aliphatic carboxylic acids is 1. The lowest BCUT2D eigenvalue weighted by Crippen LogP contribution is -2.47. The molecular formula is C14H28N2O3. The van der Waals surface area contributed by atoms with Crippen LogP contribution in [0.2, 0.25) is 0 Å². The lowest BCUT2D eigenvalue weighted by atomic mass is 9.96. The van der Waals surface area contributed by atoms with E-state index in [9.17, 15) is 9.59 Å². The maximum atomic E-state index is 11.9. The van der Waals surface area contributed by atoms with E-state index in [4.69, 9.17) is 10.8 Å². The topological polar surface area (TPSA) is 92.4 Å². The Morgan fingerprint density at radius 1 is 1.21 bits per heavy atom. The summed E-state index contributed by atoms with van der Waals surface area (Å²) in [5, 5.41) is 11.7. The second kappa shape index (κ2) is 8.91. The van der Waals surface area contributed by atoms with E-state index in [2.05, 4.69) is 19.2 Å². The zero-order valence-electron chi connectivity index (χ0n) is 12.5. The van der Waals surface area contributed by atoms with Gasteiger partial charge in [0.15, 0.2) is 0 Å². The predicted octanol–water partition coefficient (Wildman–Crippen LogP) is 1.76. The van der Waals surface area contributed by atoms with Crippen molar-refractivity contribution < 1.29 is 14.7 Å². The highest BCUT2D eigenvalue weighted by atomic mass is 16.4. The fourth-order valence-electron chi connectivity index (χ4n) is 1.98. The Balaban J connectivity index is 4.44. The van der Waals surface area contributed by atoms with Crippen molar-refractivity contribution in [3.63, 3.8) is 0 Å². The number of rotatable bonds is 9. The Morgan fingerprint density at radius 2 is 1.79 bits per heavy atom. The molecule has 0 aliphatic heterocycles. The minimum atomic E-state index is -0.897. The first-order valence-corrected chi connectivity index (χ1v) is 7.03. The normalized spacial score (nSPS) is 15.9. The summed E-state index contributed by atoms with van der Waals surface area (Å²) in [6.07, 6.45) is 2.19. The van der Waals surface area contributed by atoms with Gasteiger partial charge in [0.1, 0.15) is 0 Å². The van der Waals surface area contributed by atoms with Gasteiger partial charge < -0.3 is 16.2 Å². The molecule has 0 aromatic heterocycles. The average Bonchev–Trinajstić information content (AvgIpc) is 2.26. The van der Waals surface area contributed by atoms with Crippen molar-refractivity contribution in [2.24, 2.45) is 17.6 Å². The van der Waals surface area contributed by atoms with Crippen molar-refractivity contribution in [1.29, 1.82) is 0 Å². The number of carbonyl (C=O) groups is 2. The third kappa shape index (κ3) is 8.59. The van der Waals surface area contributed by atoms with Gasteiger partial charge in [-0.15, -0.1) is 0 Å². The molecule has 2 unspecified atom stereocenters. The molecule has 1 amide bonds. The van der Waals surface area contributed by atoms with Crippen LogP contribution in [0.1, 0.15) is 53.4 Å². The minimum absolute atomic E-state index is 0.0511. The van der Waals surface area contributed by atoms with Gasteiger partial charge in [-0.2, -0.15) is 0 Å². The lowest BCUT2D eigenvalue weighted by Gasteiger charge is -2.22. The predicted molar refractivity (Wildman–Crippen MR) is 75.7 cm³/mol. The molecule has 0 spiro atoms. The van der Waals surface area contributed by atoms with E-state index in [1.54, 1.807) is 0 Å². The Bertz CT molecular complexity index is 292. The SMILES string of the molecule is CCC(C)CC(CC(=O)O)NC(=O)[C@@H](N)CC(C)C. The van der Waals surface area contributed by atoms with Gasteiger partial charge in [0.2, 0.25) is 5.91 Å². The molecule has 0 aromatic carbocycles. The van der Waals surface area contributed by atoms with E-state index in [1.807, 2.05) is 13.8 Å². The van der Waals surface area contributed by atoms with Gasteiger partial charge >= 0.3 is 5.97 Å². The van der Waals surface area contributed by atoms with E-state index in [0.717, 1.165) is 6.42 Å². The van der Waals surface area contributed by atoms with E-state index in [1.165, 1.54) is 0 Å². The summed E-state index contributed by atoms with van der Waals surface area (Å²) in [4.78, 5) is 22.7. The molecule has 0 saturated carbocycles. The monoisotopic (exact) mass is 272 g/mol. The molecule has 0 aliphatic rings. The zero-order valence-corrected chi connectivity index (χ0v) is 12.5. The van der Waals surface area contributed by atoms with Crippen LogP contribution >= 0.6 is 0 Å². The molecule has 5 heteroatoms. The zero-order chi connectivity index (χ0) is 15.0. The fourth-order valence-corrected chi connectivity index (χ4v) is 1.98. The number of nitrogens with two attached hydrogens (primary N) is 1. The van der Waals surface area contributed by atoms with E-state index < -0.39 is 12.0 Å². The van der Waals surface area contributed by atoms with Crippen LogP contribution in [0, 0.1) is 11.8 Å². The van der Waals surface area contributed by atoms with E-state index in [-0.39, 0.29) is 18.4 Å². The number of hydrogen-bond donors (Lipinski definition) is 3. The first-order valence-electron chi connectivity index (χ1n) is 7.03. The summed E-state index contributed by atoms with van der Waals surface area (Å²) in [5.41, 5.74) is 5.80. The number of carboxylic acid groups (broad SMARTS) is 1. The number of amides is 1. The van der Waals surface area contributed by atoms with Crippen LogP contribution in [0.5, 0.6) is 0 Å². The molecule has 0 aliphatic carbocycles. The van der Waals surface area contributed by atoms with Crippen LogP contribution in [-0.4, -0.2) is 29.1 Å². The number of carboxylic acids is 1. The van der Waals surface area contributed by atoms with Crippen molar-refractivity contribution in [1.82, 2.24) is 5.32 Å². The molecule has 4 N–H and O–H groups in total. The smallest absolute Gasteiger partial charge is 0.305 e. The van der Waals surface area contributed by atoms with Crippen molar-refractivity contribution in [3.05, 3.63) is 0 Å². The summed E-state index contributed by atoms with van der Waals surface area (Å²) in [7, 11) is 0. The first kappa shape index (κ1) is 17.9. The highest BCUT2D eigenvalue weighted by Gasteiger charge is 2.22. The average molecular weight is 272 g/mol. The van der Waals surface area contributed by atoms with Gasteiger partial charge in [0.25, 0.3) is 0 Å². The molecule has 0 heterocycles. The van der Waals surface area contributed by atoms with E-state index in [0.29, 0.717) is 24.7 Å². The highest BCUT2D eigenvalue weighted by Crippen LogP contribution is 2.13. The van der Waals surface area contributed by atoms with Crippen LogP contribution in [0.3, 0.4) is 0 Å². The number of nitrogens with one attached hydrogen (secondary N) is 1. The Morgan fingerprint density at radius 3 is 2.21 bits per heavy atom. The molecule has 0 saturated heterocycles. The molecule has 0 fully saturated rings. The molecule has 0 radical (unpaired) electrons. The highest BCUT2D eigenvalue weighted by molar-refractivity contribution is 5.82. The molecular weight excluding hydrogens is 244 g/mol. The van der Waals surface area contributed by atoms with Crippen LogP contribution < -0.4 is 11.1 Å². The van der Waals surface area contributed by atoms with Gasteiger partial charge in [-0.05, 0) is 24.7 Å². The van der Waals surface area contributed by atoms with Crippen molar-refractivity contribution >= 4 is 11.9 Å². The van der Waals surface area contributed by atoms with Crippen molar-refractivity contribution in [3.8, 4) is 0 Å². The maximum Gasteiger partial charge on any atom is 0.305 e. The minimum Gasteiger partial charge on any atom is -0.481 e. The van der Waals surface area contributed by atoms with Gasteiger partial charge in [-0.3, -0.25) is 9.59 Å². The van der Waals surface area contributed by atoms with E-state index >= 15 is 0 Å². The molecule has 19 heavy (non-hydrogen) atoms. The summed E-state index contributed by atoms with van der Waals surface area (Å²) in [6.45, 7) is 8.10. The van der Waals surface area contributed by atoms with Crippen LogP contribution in [0.4, 0.5) is 0 Å². The standard InChI is InChI=1S/C14H28N2O3/c1-5-10(4)7-11(8-13(17)18)16-14(19)12(15)6-9(2)3/h9-12H,5-8,15H2,1-4H3,(H,16,19)(H,17,18)/t10?,11?,12-/m0/s1. The molecule has 0 rings (SSSR count). The third-order valence-electron chi connectivity index (χ3n) is 3.21. The molecule has 3 atom stereocenters. The molecule has 112 valence electrons. The van der Waals surface area contributed by atoms with Gasteiger partial charge in [-0.1, -0.05) is 34.1 Å². The summed E-state index contributed by atoms with van der Waals surface area (Å²) in [5.74, 6) is -0.423. The van der Waals surface area contributed by atoms with Gasteiger partial charge in [-0.25, -0.2) is 0 Å². The number of hydrogen-bond acceptors (Lipinski definition) is 3. The molecule has 0 bridgehead atoms. The first-order chi connectivity index (χ1) is 8.76. The lowest BCUT2D eigenvalue weighted by molar-refractivity contribution is -0.137. The largest absolute Gasteiger partial charge is 0.481 e. The third-order valence-corrected chi connectivity index (χ3v) is 3.21. The maximum absolute atomic E-state index is 11.9. The van der Waals surface area contributed by atoms with Gasteiger partial charge in [0.05, 0.1) is 12.5 Å². The van der Waals surface area contributed by atoms with Crippen LogP contribution in [-0.2, 0) is 9.59 Å². The summed E-state index contributed by atoms with van der Waals surface area (Å²) < 4.78 is 0. The molecule has 5 nitrogen and oxygen atoms in total. The van der Waals surface area contributed by atoms with Crippen LogP contribution in [0.15, 0.2) is 0 Å². The Kier molecular flexibility index (Phi) is 8.39. The second-order valence-corrected chi connectivity index (χ2v) is 5.79. The molecule has 0 aromatic rings. The Hall–Kier alpha value is -1.10. The summed E-state index contributed by atoms with van der Waals surface area (Å²) >= 11 is 0. The van der Waals surface area contributed by atoms with Crippen molar-refractivity contribution in [2.45, 2.75) is 65.5 Å². The Labute approximate surface area is 115 Å².